The lowest BCUT2D eigenvalue weighted by Crippen LogP contribution is -2.50. The Kier molecular flexibility index (Phi) is 6.02. The van der Waals surface area contributed by atoms with Crippen LogP contribution in [0.25, 0.3) is 11.3 Å². The number of piperidine rings is 1. The van der Waals surface area contributed by atoms with E-state index in [4.69, 9.17) is 4.98 Å². The van der Waals surface area contributed by atoms with Crippen molar-refractivity contribution < 1.29 is 14.0 Å². The van der Waals surface area contributed by atoms with Crippen LogP contribution in [0.5, 0.6) is 0 Å². The number of aromatic nitrogens is 4. The number of aryl methyl sites for hydroxylation is 1. The number of pyridine rings is 2. The number of fused-ring (bicyclic) bond motifs is 1. The molecule has 2 aliphatic rings. The Morgan fingerprint density at radius 3 is 2.97 bits per heavy atom. The Morgan fingerprint density at radius 2 is 2.26 bits per heavy atom. The predicted octanol–water partition coefficient (Wildman–Crippen LogP) is 2.44. The molecule has 0 saturated carbocycles. The van der Waals surface area contributed by atoms with Crippen molar-refractivity contribution in [2.45, 2.75) is 32.0 Å². The predicted molar refractivity (Wildman–Crippen MR) is 128 cm³/mol. The number of nitrogens with zero attached hydrogens (tertiary/aromatic N) is 6. The van der Waals surface area contributed by atoms with Crippen molar-refractivity contribution in [3.63, 3.8) is 0 Å². The van der Waals surface area contributed by atoms with E-state index < -0.39 is 5.82 Å². The minimum absolute atomic E-state index is 0.0925. The summed E-state index contributed by atoms with van der Waals surface area (Å²) >= 11 is 0. The maximum atomic E-state index is 16.0. The molecule has 3 aromatic rings. The van der Waals surface area contributed by atoms with E-state index in [1.165, 1.54) is 6.08 Å². The first-order chi connectivity index (χ1) is 17.0. The van der Waals surface area contributed by atoms with Gasteiger partial charge in [0, 0.05) is 69.0 Å². The molecule has 5 heterocycles. The van der Waals surface area contributed by atoms with Gasteiger partial charge in [-0.05, 0) is 30.5 Å². The van der Waals surface area contributed by atoms with Gasteiger partial charge in [0.05, 0.1) is 17.5 Å². The largest absolute Gasteiger partial charge is 0.348 e. The van der Waals surface area contributed by atoms with E-state index >= 15 is 4.39 Å². The van der Waals surface area contributed by atoms with Crippen LogP contribution in [0.1, 0.15) is 34.3 Å². The van der Waals surface area contributed by atoms with Crippen LogP contribution in [-0.4, -0.2) is 55.6 Å². The number of hydrogen-bond donors (Lipinski definition) is 1. The molecule has 2 aliphatic heterocycles. The van der Waals surface area contributed by atoms with Gasteiger partial charge in [-0.3, -0.25) is 19.3 Å². The lowest BCUT2D eigenvalue weighted by Gasteiger charge is -2.40. The van der Waals surface area contributed by atoms with Crippen LogP contribution in [0.3, 0.4) is 0 Å². The first-order valence-electron chi connectivity index (χ1n) is 11.5. The van der Waals surface area contributed by atoms with Gasteiger partial charge in [0.2, 0.25) is 5.91 Å². The monoisotopic (exact) mass is 475 g/mol. The first-order valence-corrected chi connectivity index (χ1v) is 11.5. The van der Waals surface area contributed by atoms with Crippen LogP contribution < -0.4 is 10.2 Å². The van der Waals surface area contributed by atoms with Gasteiger partial charge in [0.25, 0.3) is 5.91 Å². The summed E-state index contributed by atoms with van der Waals surface area (Å²) in [6.07, 6.45) is 9.64. The van der Waals surface area contributed by atoms with Crippen LogP contribution in [0.15, 0.2) is 49.6 Å². The van der Waals surface area contributed by atoms with Gasteiger partial charge < -0.3 is 15.1 Å². The van der Waals surface area contributed by atoms with E-state index in [-0.39, 0.29) is 35.8 Å². The fourth-order valence-electron chi connectivity index (χ4n) is 4.81. The lowest BCUT2D eigenvalue weighted by atomic mass is 10.0. The standard InChI is InChI=1S/C25H26FN7O2/c1-3-20(34)32-9-5-7-18(15-32)33(13-16-6-4-8-27-10-16)24-22(26)19-12-28-25(35)21(19)23(30-24)17-11-29-31(2)14-17/h3-4,6,8,10-11,14,18H,1,5,7,9,12-13,15H2,2H3,(H,28,35)/t18-/m1/s1. The van der Waals surface area contributed by atoms with E-state index in [1.807, 2.05) is 17.0 Å². The van der Waals surface area contributed by atoms with Gasteiger partial charge >= 0.3 is 0 Å². The molecule has 0 spiro atoms. The smallest absolute Gasteiger partial charge is 0.254 e. The highest BCUT2D eigenvalue weighted by atomic mass is 19.1. The third-order valence-corrected chi connectivity index (χ3v) is 6.52. The van der Waals surface area contributed by atoms with Gasteiger partial charge in [0.15, 0.2) is 11.6 Å². The van der Waals surface area contributed by atoms with Crippen molar-refractivity contribution in [3.8, 4) is 11.3 Å². The van der Waals surface area contributed by atoms with Gasteiger partial charge in [-0.25, -0.2) is 9.37 Å². The number of anilines is 1. The summed E-state index contributed by atoms with van der Waals surface area (Å²) in [4.78, 5) is 37.6. The highest BCUT2D eigenvalue weighted by Crippen LogP contribution is 2.36. The zero-order valence-electron chi connectivity index (χ0n) is 19.4. The summed E-state index contributed by atoms with van der Waals surface area (Å²) < 4.78 is 17.7. The fraction of sp³-hybridized carbons (Fsp3) is 0.320. The highest BCUT2D eigenvalue weighted by molar-refractivity contribution is 6.04. The molecule has 3 aromatic heterocycles. The van der Waals surface area contributed by atoms with Gasteiger partial charge in [-0.1, -0.05) is 12.6 Å². The van der Waals surface area contributed by atoms with E-state index in [0.717, 1.165) is 18.4 Å². The summed E-state index contributed by atoms with van der Waals surface area (Å²) in [5.74, 6) is -0.872. The summed E-state index contributed by atoms with van der Waals surface area (Å²) in [5, 5.41) is 6.94. The van der Waals surface area contributed by atoms with E-state index in [2.05, 4.69) is 22.0 Å². The summed E-state index contributed by atoms with van der Waals surface area (Å²) in [5.41, 5.74) is 2.46. The number of rotatable bonds is 6. The molecule has 1 saturated heterocycles. The third kappa shape index (κ3) is 4.27. The lowest BCUT2D eigenvalue weighted by molar-refractivity contribution is -0.127. The molecule has 35 heavy (non-hydrogen) atoms. The Morgan fingerprint density at radius 1 is 1.40 bits per heavy atom. The van der Waals surface area contributed by atoms with Crippen LogP contribution in [0, 0.1) is 5.82 Å². The van der Waals surface area contributed by atoms with Crippen molar-refractivity contribution in [3.05, 3.63) is 72.1 Å². The summed E-state index contributed by atoms with van der Waals surface area (Å²) in [7, 11) is 1.77. The molecule has 0 radical (unpaired) electrons. The highest BCUT2D eigenvalue weighted by Gasteiger charge is 2.35. The average Bonchev–Trinajstić information content (AvgIpc) is 3.49. The molecule has 10 heteroatoms. The Balaban J connectivity index is 1.64. The van der Waals surface area contributed by atoms with E-state index in [9.17, 15) is 9.59 Å². The maximum Gasteiger partial charge on any atom is 0.254 e. The van der Waals surface area contributed by atoms with Crippen LogP contribution >= 0.6 is 0 Å². The Labute approximate surface area is 202 Å². The quantitative estimate of drug-likeness (QED) is 0.550. The van der Waals surface area contributed by atoms with Crippen LogP contribution in [-0.2, 0) is 24.9 Å². The second-order valence-corrected chi connectivity index (χ2v) is 8.81. The molecule has 1 fully saturated rings. The van der Waals surface area contributed by atoms with E-state index in [1.54, 1.807) is 41.4 Å². The van der Waals surface area contributed by atoms with Crippen LogP contribution in [0.2, 0.25) is 0 Å². The number of hydrogen-bond acceptors (Lipinski definition) is 6. The molecule has 0 bridgehead atoms. The number of halogens is 1. The molecule has 0 aliphatic carbocycles. The molecule has 180 valence electrons. The minimum Gasteiger partial charge on any atom is -0.348 e. The molecule has 9 nitrogen and oxygen atoms in total. The second-order valence-electron chi connectivity index (χ2n) is 8.81. The van der Waals surface area contributed by atoms with E-state index in [0.29, 0.717) is 36.5 Å². The van der Waals surface area contributed by atoms with Crippen LogP contribution in [0.4, 0.5) is 10.2 Å². The number of carbonyl (C=O) groups excluding carboxylic acids is 2. The molecule has 0 unspecified atom stereocenters. The zero-order chi connectivity index (χ0) is 24.5. The van der Waals surface area contributed by atoms with Gasteiger partial charge in [-0.2, -0.15) is 5.10 Å². The Bertz CT molecular complexity index is 1290. The number of nitrogens with one attached hydrogen (secondary N) is 1. The minimum atomic E-state index is -0.526. The number of amides is 2. The summed E-state index contributed by atoms with van der Waals surface area (Å²) in [6.45, 7) is 5.10. The van der Waals surface area contributed by atoms with Crippen molar-refractivity contribution >= 4 is 17.6 Å². The SMILES string of the molecule is C=CC(=O)N1CCC[C@@H](N(Cc2cccnc2)c2nc(-c3cnn(C)c3)c3c(c2F)CNC3=O)C1. The molecular weight excluding hydrogens is 449 g/mol. The third-order valence-electron chi connectivity index (χ3n) is 6.52. The molecule has 1 N–H and O–H groups in total. The molecule has 5 rings (SSSR count). The molecule has 2 amide bonds. The molecule has 1 atom stereocenters. The maximum absolute atomic E-state index is 16.0. The zero-order valence-corrected chi connectivity index (χ0v) is 19.4. The Hall–Kier alpha value is -4.08. The van der Waals surface area contributed by atoms with Gasteiger partial charge in [-0.15, -0.1) is 0 Å². The fourth-order valence-corrected chi connectivity index (χ4v) is 4.81. The number of carbonyl (C=O) groups is 2. The van der Waals surface area contributed by atoms with Gasteiger partial charge in [0.1, 0.15) is 0 Å². The number of likely N-dealkylation sites (tertiary alicyclic amines) is 1. The molecule has 0 aromatic carbocycles. The first kappa shape index (κ1) is 22.7. The van der Waals surface area contributed by atoms with Crippen molar-refractivity contribution in [2.24, 2.45) is 7.05 Å². The second kappa shape index (κ2) is 9.28. The topological polar surface area (TPSA) is 96.2 Å². The average molecular weight is 476 g/mol. The normalized spacial score (nSPS) is 17.1. The van der Waals surface area contributed by atoms with Crippen molar-refractivity contribution in [2.75, 3.05) is 18.0 Å². The summed E-state index contributed by atoms with van der Waals surface area (Å²) in [6, 6.07) is 3.58. The van der Waals surface area contributed by atoms with Crippen molar-refractivity contribution in [1.82, 2.24) is 30.0 Å². The van der Waals surface area contributed by atoms with Crippen molar-refractivity contribution in [1.29, 1.82) is 0 Å². The molecular formula is C25H26FN7O2.